The first-order valence-electron chi connectivity index (χ1n) is 7.79. The molecule has 1 aliphatic carbocycles. The van der Waals surface area contributed by atoms with Gasteiger partial charge in [-0.15, -0.1) is 0 Å². The number of hydrogen-bond acceptors (Lipinski definition) is 3. The largest absolute Gasteiger partial charge is 0.396 e. The van der Waals surface area contributed by atoms with E-state index in [1.165, 1.54) is 29.5 Å². The maximum absolute atomic E-state index is 9.53. The van der Waals surface area contributed by atoms with E-state index < -0.39 is 0 Å². The maximum Gasteiger partial charge on any atom is 0.0474 e. The predicted octanol–water partition coefficient (Wildman–Crippen LogP) is 2.44. The molecule has 2 rings (SSSR count). The van der Waals surface area contributed by atoms with Crippen LogP contribution in [0.1, 0.15) is 48.4 Å². The average molecular weight is 276 g/mol. The van der Waals surface area contributed by atoms with Crippen molar-refractivity contribution in [3.63, 3.8) is 0 Å². The molecule has 4 N–H and O–H groups in total. The minimum atomic E-state index is 0.187. The number of aryl methyl sites for hydroxylation is 2. The highest BCUT2D eigenvalue weighted by Crippen LogP contribution is 2.26. The summed E-state index contributed by atoms with van der Waals surface area (Å²) in [6.07, 6.45) is 4.75. The summed E-state index contributed by atoms with van der Waals surface area (Å²) in [5.74, 6) is 0.379. The van der Waals surface area contributed by atoms with Gasteiger partial charge in [-0.3, -0.25) is 0 Å². The lowest BCUT2D eigenvalue weighted by atomic mass is 9.84. The van der Waals surface area contributed by atoms with Crippen molar-refractivity contribution in [1.82, 2.24) is 5.32 Å². The molecule has 0 heterocycles. The molecule has 0 aromatic heterocycles. The first-order chi connectivity index (χ1) is 9.65. The second-order valence-electron chi connectivity index (χ2n) is 6.13. The summed E-state index contributed by atoms with van der Waals surface area (Å²) < 4.78 is 0. The Hall–Kier alpha value is -0.900. The monoisotopic (exact) mass is 276 g/mol. The van der Waals surface area contributed by atoms with Crippen molar-refractivity contribution in [1.29, 1.82) is 0 Å². The molecule has 0 radical (unpaired) electrons. The van der Waals surface area contributed by atoms with Crippen LogP contribution in [-0.2, 0) is 0 Å². The van der Waals surface area contributed by atoms with E-state index in [1.807, 2.05) is 0 Å². The molecule has 3 heteroatoms. The lowest BCUT2D eigenvalue weighted by molar-refractivity contribution is 0.146. The second-order valence-corrected chi connectivity index (χ2v) is 6.13. The Morgan fingerprint density at radius 1 is 1.25 bits per heavy atom. The normalized spacial score (nSPS) is 24.6. The summed E-state index contributed by atoms with van der Waals surface area (Å²) in [5.41, 5.74) is 9.86. The van der Waals surface area contributed by atoms with Crippen LogP contribution >= 0.6 is 0 Å². The molecule has 0 bridgehead atoms. The van der Waals surface area contributed by atoms with Crippen molar-refractivity contribution in [2.75, 3.05) is 13.2 Å². The Morgan fingerprint density at radius 2 is 2.00 bits per heavy atom. The van der Waals surface area contributed by atoms with Crippen LogP contribution in [0, 0.1) is 19.8 Å². The molecule has 0 amide bonds. The number of aliphatic hydroxyl groups is 1. The Bertz CT molecular complexity index is 433. The van der Waals surface area contributed by atoms with E-state index in [1.54, 1.807) is 0 Å². The Labute approximate surface area is 122 Å². The summed E-state index contributed by atoms with van der Waals surface area (Å²) >= 11 is 0. The van der Waals surface area contributed by atoms with E-state index in [0.29, 0.717) is 18.5 Å². The molecule has 1 aromatic rings. The zero-order valence-corrected chi connectivity index (χ0v) is 12.7. The quantitative estimate of drug-likeness (QED) is 0.774. The van der Waals surface area contributed by atoms with Gasteiger partial charge in [0.2, 0.25) is 0 Å². The lowest BCUT2D eigenvalue weighted by Gasteiger charge is -2.34. The lowest BCUT2D eigenvalue weighted by Crippen LogP contribution is -2.44. The Balaban J connectivity index is 2.09. The molecule has 0 saturated heterocycles. The van der Waals surface area contributed by atoms with Crippen LogP contribution in [0.15, 0.2) is 18.2 Å². The third kappa shape index (κ3) is 3.60. The molecule has 1 aliphatic rings. The van der Waals surface area contributed by atoms with Crippen molar-refractivity contribution < 1.29 is 5.11 Å². The fourth-order valence-electron chi connectivity index (χ4n) is 3.19. The fraction of sp³-hybridized carbons (Fsp3) is 0.647. The number of benzene rings is 1. The molecule has 3 atom stereocenters. The van der Waals surface area contributed by atoms with Crippen LogP contribution in [0.25, 0.3) is 0 Å². The summed E-state index contributed by atoms with van der Waals surface area (Å²) in [5, 5.41) is 13.2. The van der Waals surface area contributed by atoms with Crippen LogP contribution in [0.4, 0.5) is 0 Å². The van der Waals surface area contributed by atoms with Gasteiger partial charge in [-0.25, -0.2) is 0 Å². The van der Waals surface area contributed by atoms with Gasteiger partial charge in [0.15, 0.2) is 0 Å². The van der Waals surface area contributed by atoms with E-state index in [0.717, 1.165) is 12.8 Å². The van der Waals surface area contributed by atoms with Gasteiger partial charge in [0.25, 0.3) is 0 Å². The van der Waals surface area contributed by atoms with Crippen LogP contribution in [0.5, 0.6) is 0 Å². The third-order valence-electron chi connectivity index (χ3n) is 4.73. The van der Waals surface area contributed by atoms with Crippen molar-refractivity contribution in [2.24, 2.45) is 11.7 Å². The maximum atomic E-state index is 9.53. The third-order valence-corrected chi connectivity index (χ3v) is 4.73. The SMILES string of the molecule is Cc1ccc(C(CN)NC2CCCCC2CO)cc1C. The Morgan fingerprint density at radius 3 is 2.65 bits per heavy atom. The van der Waals surface area contributed by atoms with Crippen LogP contribution in [0.2, 0.25) is 0 Å². The first-order valence-corrected chi connectivity index (χ1v) is 7.79. The van der Waals surface area contributed by atoms with Gasteiger partial charge in [0, 0.05) is 25.2 Å². The summed E-state index contributed by atoms with van der Waals surface area (Å²) in [6.45, 7) is 5.15. The summed E-state index contributed by atoms with van der Waals surface area (Å²) in [6, 6.07) is 7.15. The molecule has 3 unspecified atom stereocenters. The molecule has 1 saturated carbocycles. The van der Waals surface area contributed by atoms with Gasteiger partial charge >= 0.3 is 0 Å². The minimum Gasteiger partial charge on any atom is -0.396 e. The molecule has 0 spiro atoms. The average Bonchev–Trinajstić information content (AvgIpc) is 2.48. The second kappa shape index (κ2) is 7.21. The van der Waals surface area contributed by atoms with Gasteiger partial charge < -0.3 is 16.2 Å². The standard InChI is InChI=1S/C17H28N2O/c1-12-7-8-14(9-13(12)2)17(10-18)19-16-6-4-3-5-15(16)11-20/h7-9,15-17,19-20H,3-6,10-11,18H2,1-2H3. The van der Waals surface area contributed by atoms with Gasteiger partial charge in [-0.05, 0) is 49.3 Å². The van der Waals surface area contributed by atoms with E-state index in [9.17, 15) is 5.11 Å². The van der Waals surface area contributed by atoms with E-state index in [2.05, 4.69) is 37.4 Å². The van der Waals surface area contributed by atoms with Crippen molar-refractivity contribution in [2.45, 2.75) is 51.6 Å². The van der Waals surface area contributed by atoms with Gasteiger partial charge in [-0.2, -0.15) is 0 Å². The van der Waals surface area contributed by atoms with Crippen molar-refractivity contribution >= 4 is 0 Å². The molecular formula is C17H28N2O. The molecule has 1 aromatic carbocycles. The van der Waals surface area contributed by atoms with Crippen molar-refractivity contribution in [3.05, 3.63) is 34.9 Å². The highest BCUT2D eigenvalue weighted by Gasteiger charge is 2.26. The summed E-state index contributed by atoms with van der Waals surface area (Å²) in [7, 11) is 0. The molecule has 20 heavy (non-hydrogen) atoms. The highest BCUT2D eigenvalue weighted by atomic mass is 16.3. The van der Waals surface area contributed by atoms with Crippen LogP contribution in [0.3, 0.4) is 0 Å². The Kier molecular flexibility index (Phi) is 5.58. The van der Waals surface area contributed by atoms with E-state index in [4.69, 9.17) is 5.73 Å². The van der Waals surface area contributed by atoms with Gasteiger partial charge in [0.1, 0.15) is 0 Å². The topological polar surface area (TPSA) is 58.3 Å². The molecule has 3 nitrogen and oxygen atoms in total. The number of aliphatic hydroxyl groups excluding tert-OH is 1. The van der Waals surface area contributed by atoms with E-state index in [-0.39, 0.29) is 12.6 Å². The smallest absolute Gasteiger partial charge is 0.0474 e. The predicted molar refractivity (Wildman–Crippen MR) is 83.7 cm³/mol. The molecule has 0 aliphatic heterocycles. The van der Waals surface area contributed by atoms with Crippen molar-refractivity contribution in [3.8, 4) is 0 Å². The number of nitrogens with two attached hydrogens (primary N) is 1. The fourth-order valence-corrected chi connectivity index (χ4v) is 3.19. The minimum absolute atomic E-state index is 0.187. The first kappa shape index (κ1) is 15.5. The van der Waals surface area contributed by atoms with Crippen LogP contribution < -0.4 is 11.1 Å². The molecule has 112 valence electrons. The zero-order valence-electron chi connectivity index (χ0n) is 12.7. The summed E-state index contributed by atoms with van der Waals surface area (Å²) in [4.78, 5) is 0. The molecule has 1 fully saturated rings. The van der Waals surface area contributed by atoms with Gasteiger partial charge in [-0.1, -0.05) is 31.0 Å². The number of nitrogens with one attached hydrogen (secondary N) is 1. The number of rotatable bonds is 5. The van der Waals surface area contributed by atoms with Gasteiger partial charge in [0.05, 0.1) is 0 Å². The number of hydrogen-bond donors (Lipinski definition) is 3. The van der Waals surface area contributed by atoms with Crippen LogP contribution in [-0.4, -0.2) is 24.3 Å². The highest BCUT2D eigenvalue weighted by molar-refractivity contribution is 5.32. The molecular weight excluding hydrogens is 248 g/mol. The van der Waals surface area contributed by atoms with E-state index >= 15 is 0 Å². The zero-order chi connectivity index (χ0) is 14.5.